The first-order valence-electron chi connectivity index (χ1n) is 10.7. The molecule has 3 fully saturated rings. The lowest BCUT2D eigenvalue weighted by Crippen LogP contribution is -2.49. The Kier molecular flexibility index (Phi) is 5.93. The number of carbonyl (C=O) groups is 1. The molecule has 5 nitrogen and oxygen atoms in total. The average molecular weight is 427 g/mol. The summed E-state index contributed by atoms with van der Waals surface area (Å²) in [5.41, 5.74) is 0. The Morgan fingerprint density at radius 3 is 2.17 bits per heavy atom. The number of nitrogens with zero attached hydrogens (tertiary/aromatic N) is 2. The van der Waals surface area contributed by atoms with Crippen molar-refractivity contribution >= 4 is 15.9 Å². The summed E-state index contributed by atoms with van der Waals surface area (Å²) in [4.78, 5) is 14.7. The summed E-state index contributed by atoms with van der Waals surface area (Å²) in [6.45, 7) is 0.301. The number of hydrogen-bond acceptors (Lipinski definition) is 3. The second-order valence-corrected chi connectivity index (χ2v) is 10.4. The van der Waals surface area contributed by atoms with Gasteiger partial charge in [-0.05, 0) is 56.7 Å². The Balaban J connectivity index is 1.43. The van der Waals surface area contributed by atoms with Crippen molar-refractivity contribution in [2.45, 2.75) is 74.8 Å². The lowest BCUT2D eigenvalue weighted by molar-refractivity contribution is -0.140. The largest absolute Gasteiger partial charge is 0.336 e. The lowest BCUT2D eigenvalue weighted by Gasteiger charge is -2.39. The molecule has 2 aliphatic carbocycles. The van der Waals surface area contributed by atoms with E-state index < -0.39 is 26.6 Å². The standard InChI is InChI=1S/C21H28F2N2O3S/c22-16-6-9-19(23)20(14-16)29(27,28)24-12-10-15(11-13-24)21(26)25(18-7-8-18)17-4-2-1-3-5-17/h6,9,14-15,17-18H,1-5,7-8,10-13H2. The summed E-state index contributed by atoms with van der Waals surface area (Å²) in [6.07, 6.45) is 8.66. The van der Waals surface area contributed by atoms with Crippen LogP contribution >= 0.6 is 0 Å². The third-order valence-electron chi connectivity index (χ3n) is 6.48. The first-order chi connectivity index (χ1) is 13.9. The molecule has 160 valence electrons. The molecule has 29 heavy (non-hydrogen) atoms. The molecule has 0 unspecified atom stereocenters. The zero-order valence-electron chi connectivity index (χ0n) is 16.5. The third kappa shape index (κ3) is 4.33. The van der Waals surface area contributed by atoms with E-state index in [0.29, 0.717) is 24.9 Å². The number of halogens is 2. The maximum Gasteiger partial charge on any atom is 0.246 e. The number of piperidine rings is 1. The van der Waals surface area contributed by atoms with Crippen LogP contribution in [0.5, 0.6) is 0 Å². The average Bonchev–Trinajstić information content (AvgIpc) is 3.56. The van der Waals surface area contributed by atoms with Crippen LogP contribution in [-0.2, 0) is 14.8 Å². The van der Waals surface area contributed by atoms with Gasteiger partial charge in [-0.1, -0.05) is 19.3 Å². The van der Waals surface area contributed by atoms with Gasteiger partial charge < -0.3 is 4.90 Å². The molecule has 1 aliphatic heterocycles. The minimum absolute atomic E-state index is 0.151. The quantitative estimate of drug-likeness (QED) is 0.722. The molecule has 1 saturated heterocycles. The molecule has 0 atom stereocenters. The van der Waals surface area contributed by atoms with Crippen LogP contribution in [0.2, 0.25) is 0 Å². The highest BCUT2D eigenvalue weighted by Gasteiger charge is 2.42. The molecule has 8 heteroatoms. The SMILES string of the molecule is O=C(C1CCN(S(=O)(=O)c2cc(F)ccc2F)CC1)N(C1CCCCC1)C1CC1. The van der Waals surface area contributed by atoms with Crippen molar-refractivity contribution in [2.24, 2.45) is 5.92 Å². The van der Waals surface area contributed by atoms with Crippen LogP contribution < -0.4 is 0 Å². The number of hydrogen-bond donors (Lipinski definition) is 0. The third-order valence-corrected chi connectivity index (χ3v) is 8.39. The summed E-state index contributed by atoms with van der Waals surface area (Å²) in [5, 5.41) is 0. The molecular formula is C21H28F2N2O3S. The Morgan fingerprint density at radius 1 is 0.931 bits per heavy atom. The fourth-order valence-corrected chi connectivity index (χ4v) is 6.28. The fraction of sp³-hybridized carbons (Fsp3) is 0.667. The predicted molar refractivity (Wildman–Crippen MR) is 105 cm³/mol. The van der Waals surface area contributed by atoms with Gasteiger partial charge in [-0.2, -0.15) is 4.31 Å². The molecule has 1 amide bonds. The molecule has 2 saturated carbocycles. The molecule has 0 N–H and O–H groups in total. The number of amides is 1. The molecule has 1 heterocycles. The molecule has 0 aromatic heterocycles. The van der Waals surface area contributed by atoms with Crippen LogP contribution in [0.15, 0.2) is 23.1 Å². The minimum atomic E-state index is -4.12. The second kappa shape index (κ2) is 8.30. The molecule has 0 spiro atoms. The van der Waals surface area contributed by atoms with Gasteiger partial charge in [0.2, 0.25) is 15.9 Å². The zero-order valence-corrected chi connectivity index (χ0v) is 17.3. The predicted octanol–water partition coefficient (Wildman–Crippen LogP) is 3.69. The number of sulfonamides is 1. The van der Waals surface area contributed by atoms with E-state index in [0.717, 1.165) is 56.7 Å². The van der Waals surface area contributed by atoms with Gasteiger partial charge >= 0.3 is 0 Å². The van der Waals surface area contributed by atoms with E-state index in [-0.39, 0.29) is 24.9 Å². The molecule has 3 aliphatic rings. The second-order valence-electron chi connectivity index (χ2n) is 8.52. The van der Waals surface area contributed by atoms with Gasteiger partial charge in [0.1, 0.15) is 16.5 Å². The highest BCUT2D eigenvalue weighted by Crippen LogP contribution is 2.36. The monoisotopic (exact) mass is 426 g/mol. The van der Waals surface area contributed by atoms with Gasteiger partial charge in [0.25, 0.3) is 0 Å². The van der Waals surface area contributed by atoms with Crippen molar-refractivity contribution in [3.63, 3.8) is 0 Å². The highest BCUT2D eigenvalue weighted by molar-refractivity contribution is 7.89. The first-order valence-corrected chi connectivity index (χ1v) is 12.1. The molecule has 1 aromatic rings. The summed E-state index contributed by atoms with van der Waals surface area (Å²) >= 11 is 0. The van der Waals surface area contributed by atoms with Gasteiger partial charge in [-0.3, -0.25) is 4.79 Å². The maximum absolute atomic E-state index is 14.0. The van der Waals surface area contributed by atoms with Crippen LogP contribution in [0.4, 0.5) is 8.78 Å². The van der Waals surface area contributed by atoms with Gasteiger partial charge in [-0.25, -0.2) is 17.2 Å². The van der Waals surface area contributed by atoms with E-state index >= 15 is 0 Å². The summed E-state index contributed by atoms with van der Waals surface area (Å²) < 4.78 is 54.2. The van der Waals surface area contributed by atoms with Gasteiger partial charge in [0, 0.05) is 31.1 Å². The molecular weight excluding hydrogens is 398 g/mol. The summed E-state index contributed by atoms with van der Waals surface area (Å²) in [6, 6.07) is 3.13. The maximum atomic E-state index is 14.0. The number of rotatable bonds is 5. The summed E-state index contributed by atoms with van der Waals surface area (Å²) in [5.74, 6) is -1.78. The van der Waals surface area contributed by atoms with Crippen molar-refractivity contribution in [3.05, 3.63) is 29.8 Å². The Morgan fingerprint density at radius 2 is 1.55 bits per heavy atom. The minimum Gasteiger partial charge on any atom is -0.336 e. The van der Waals surface area contributed by atoms with Crippen molar-refractivity contribution in [1.29, 1.82) is 0 Å². The Hall–Kier alpha value is -1.54. The number of benzene rings is 1. The van der Waals surface area contributed by atoms with E-state index in [4.69, 9.17) is 0 Å². The van der Waals surface area contributed by atoms with E-state index in [1.54, 1.807) is 0 Å². The molecule has 4 rings (SSSR count). The van der Waals surface area contributed by atoms with Gasteiger partial charge in [0.05, 0.1) is 0 Å². The lowest BCUT2D eigenvalue weighted by atomic mass is 9.91. The molecule has 0 radical (unpaired) electrons. The van der Waals surface area contributed by atoms with Crippen LogP contribution in [0.25, 0.3) is 0 Å². The fourth-order valence-electron chi connectivity index (χ4n) is 4.74. The van der Waals surface area contributed by atoms with Crippen LogP contribution in [0.3, 0.4) is 0 Å². The normalized spacial score (nSPS) is 22.6. The van der Waals surface area contributed by atoms with Gasteiger partial charge in [0.15, 0.2) is 0 Å². The Bertz CT molecular complexity index is 859. The van der Waals surface area contributed by atoms with E-state index in [9.17, 15) is 22.0 Å². The number of carbonyl (C=O) groups excluding carboxylic acids is 1. The topological polar surface area (TPSA) is 57.7 Å². The molecule has 0 bridgehead atoms. The highest BCUT2D eigenvalue weighted by atomic mass is 32.2. The van der Waals surface area contributed by atoms with Crippen LogP contribution in [-0.4, -0.2) is 48.7 Å². The van der Waals surface area contributed by atoms with Crippen LogP contribution in [0.1, 0.15) is 57.8 Å². The zero-order chi connectivity index (χ0) is 20.6. The van der Waals surface area contributed by atoms with E-state index in [1.807, 2.05) is 0 Å². The van der Waals surface area contributed by atoms with Crippen molar-refractivity contribution in [2.75, 3.05) is 13.1 Å². The Labute approximate surface area is 171 Å². The molecule has 1 aromatic carbocycles. The van der Waals surface area contributed by atoms with E-state index in [1.165, 1.54) is 10.7 Å². The van der Waals surface area contributed by atoms with Crippen molar-refractivity contribution in [1.82, 2.24) is 9.21 Å². The van der Waals surface area contributed by atoms with E-state index in [2.05, 4.69) is 4.90 Å². The first kappa shape index (κ1) is 20.7. The van der Waals surface area contributed by atoms with Crippen molar-refractivity contribution in [3.8, 4) is 0 Å². The smallest absolute Gasteiger partial charge is 0.246 e. The van der Waals surface area contributed by atoms with Crippen LogP contribution in [0, 0.1) is 17.6 Å². The van der Waals surface area contributed by atoms with Gasteiger partial charge in [-0.15, -0.1) is 0 Å². The van der Waals surface area contributed by atoms with Crippen molar-refractivity contribution < 1.29 is 22.0 Å². The summed E-state index contributed by atoms with van der Waals surface area (Å²) in [7, 11) is -4.12.